The molecular weight excluding hydrogens is 170 g/mol. The van der Waals surface area contributed by atoms with Gasteiger partial charge in [0.15, 0.2) is 0 Å². The summed E-state index contributed by atoms with van der Waals surface area (Å²) in [5.74, 6) is 0.0656. The Kier molecular flexibility index (Phi) is 4.56. The molecule has 0 aromatic carbocycles. The highest BCUT2D eigenvalue weighted by Crippen LogP contribution is 2.15. The summed E-state index contributed by atoms with van der Waals surface area (Å²) in [6, 6.07) is 0. The van der Waals surface area contributed by atoms with Gasteiger partial charge in [0.05, 0.1) is 6.10 Å². The second-order valence-corrected chi connectivity index (χ2v) is 3.16. The van der Waals surface area contributed by atoms with Gasteiger partial charge in [-0.05, 0) is 25.7 Å². The van der Waals surface area contributed by atoms with Gasteiger partial charge in [-0.25, -0.2) is 5.48 Å². The maximum atomic E-state index is 8.33. The third kappa shape index (κ3) is 4.10. The average Bonchev–Trinajstić information content (AvgIpc) is 2.19. The molecule has 1 aliphatic heterocycles. The van der Waals surface area contributed by atoms with Crippen LogP contribution < -0.4 is 11.2 Å². The zero-order valence-electron chi connectivity index (χ0n) is 7.70. The highest BCUT2D eigenvalue weighted by atomic mass is 16.5. The number of aliphatic imine (C=N–C) groups is 1. The second kappa shape index (κ2) is 5.77. The number of nitrogens with one attached hydrogen (secondary N) is 1. The zero-order valence-corrected chi connectivity index (χ0v) is 7.70. The summed E-state index contributed by atoms with van der Waals surface area (Å²) >= 11 is 0. The van der Waals surface area contributed by atoms with Crippen molar-refractivity contribution in [3.05, 3.63) is 0 Å². The molecule has 4 N–H and O–H groups in total. The highest BCUT2D eigenvalue weighted by Gasteiger charge is 2.12. The van der Waals surface area contributed by atoms with Crippen molar-refractivity contribution in [2.75, 3.05) is 13.2 Å². The standard InChI is InChI=1S/C8H17N3O2/c9-8(11-12)10-5-4-7-3-1-2-6-13-7/h7,12H,1-6H2,(H3,9,10,11). The van der Waals surface area contributed by atoms with Crippen LogP contribution in [0, 0.1) is 0 Å². The van der Waals surface area contributed by atoms with Gasteiger partial charge in [0.1, 0.15) is 0 Å². The molecule has 0 aliphatic carbocycles. The number of hydroxylamine groups is 1. The normalized spacial score (nSPS) is 24.4. The smallest absolute Gasteiger partial charge is 0.212 e. The first kappa shape index (κ1) is 10.3. The Morgan fingerprint density at radius 2 is 2.46 bits per heavy atom. The van der Waals surface area contributed by atoms with Crippen LogP contribution in [0.3, 0.4) is 0 Å². The molecule has 5 heteroatoms. The summed E-state index contributed by atoms with van der Waals surface area (Å²) in [6.07, 6.45) is 4.72. The molecule has 0 saturated carbocycles. The molecule has 1 atom stereocenters. The van der Waals surface area contributed by atoms with E-state index in [4.69, 9.17) is 15.7 Å². The Balaban J connectivity index is 2.10. The monoisotopic (exact) mass is 187 g/mol. The molecule has 0 spiro atoms. The van der Waals surface area contributed by atoms with E-state index < -0.39 is 0 Å². The molecule has 0 amide bonds. The van der Waals surface area contributed by atoms with Crippen LogP contribution >= 0.6 is 0 Å². The number of nitrogens with zero attached hydrogens (tertiary/aromatic N) is 1. The minimum Gasteiger partial charge on any atom is -0.378 e. The summed E-state index contributed by atoms with van der Waals surface area (Å²) in [5, 5.41) is 8.33. The molecular formula is C8H17N3O2. The van der Waals surface area contributed by atoms with Crippen LogP contribution in [0.15, 0.2) is 4.99 Å². The van der Waals surface area contributed by atoms with Gasteiger partial charge >= 0.3 is 0 Å². The predicted molar refractivity (Wildman–Crippen MR) is 49.6 cm³/mol. The van der Waals surface area contributed by atoms with Gasteiger partial charge in [0.2, 0.25) is 5.96 Å². The van der Waals surface area contributed by atoms with Crippen molar-refractivity contribution in [3.8, 4) is 0 Å². The minimum atomic E-state index is 0.0656. The molecule has 5 nitrogen and oxygen atoms in total. The lowest BCUT2D eigenvalue weighted by Crippen LogP contribution is -2.29. The first-order valence-electron chi connectivity index (χ1n) is 4.64. The van der Waals surface area contributed by atoms with Crippen molar-refractivity contribution in [1.29, 1.82) is 0 Å². The van der Waals surface area contributed by atoms with Crippen molar-refractivity contribution >= 4 is 5.96 Å². The topological polar surface area (TPSA) is 79.9 Å². The van der Waals surface area contributed by atoms with Crippen LogP contribution in [0.25, 0.3) is 0 Å². The Labute approximate surface area is 77.9 Å². The predicted octanol–water partition coefficient (Wildman–Crippen LogP) is 0.239. The van der Waals surface area contributed by atoms with E-state index in [1.54, 1.807) is 5.48 Å². The summed E-state index contributed by atoms with van der Waals surface area (Å²) in [7, 11) is 0. The van der Waals surface area contributed by atoms with Gasteiger partial charge in [0, 0.05) is 13.2 Å². The lowest BCUT2D eigenvalue weighted by Gasteiger charge is -2.21. The molecule has 0 radical (unpaired) electrons. The fraction of sp³-hybridized carbons (Fsp3) is 0.875. The lowest BCUT2D eigenvalue weighted by molar-refractivity contribution is 0.0129. The molecule has 0 aromatic heterocycles. The minimum absolute atomic E-state index is 0.0656. The van der Waals surface area contributed by atoms with Crippen LogP contribution in [-0.4, -0.2) is 30.4 Å². The molecule has 0 bridgehead atoms. The number of nitrogens with two attached hydrogens (primary N) is 1. The Hall–Kier alpha value is -0.810. The first-order chi connectivity index (χ1) is 6.33. The van der Waals surface area contributed by atoms with E-state index in [-0.39, 0.29) is 5.96 Å². The van der Waals surface area contributed by atoms with Crippen molar-refractivity contribution in [2.24, 2.45) is 10.7 Å². The highest BCUT2D eigenvalue weighted by molar-refractivity contribution is 5.76. The van der Waals surface area contributed by atoms with Crippen LogP contribution in [0.4, 0.5) is 0 Å². The van der Waals surface area contributed by atoms with Crippen molar-refractivity contribution in [2.45, 2.75) is 31.8 Å². The summed E-state index contributed by atoms with van der Waals surface area (Å²) in [4.78, 5) is 3.89. The largest absolute Gasteiger partial charge is 0.378 e. The molecule has 1 rings (SSSR count). The van der Waals surface area contributed by atoms with Gasteiger partial charge in [-0.15, -0.1) is 0 Å². The summed E-state index contributed by atoms with van der Waals surface area (Å²) in [6.45, 7) is 1.46. The Morgan fingerprint density at radius 3 is 3.08 bits per heavy atom. The summed E-state index contributed by atoms with van der Waals surface area (Å²) < 4.78 is 5.50. The van der Waals surface area contributed by atoms with E-state index in [1.807, 2.05) is 0 Å². The van der Waals surface area contributed by atoms with Gasteiger partial charge in [-0.2, -0.15) is 0 Å². The van der Waals surface area contributed by atoms with Crippen molar-refractivity contribution in [3.63, 3.8) is 0 Å². The number of rotatable bonds is 3. The number of guanidine groups is 1. The fourth-order valence-corrected chi connectivity index (χ4v) is 1.40. The van der Waals surface area contributed by atoms with Gasteiger partial charge in [-0.1, -0.05) is 0 Å². The third-order valence-electron chi connectivity index (χ3n) is 2.12. The van der Waals surface area contributed by atoms with E-state index >= 15 is 0 Å². The Morgan fingerprint density at radius 1 is 1.62 bits per heavy atom. The van der Waals surface area contributed by atoms with Crippen LogP contribution in [0.2, 0.25) is 0 Å². The molecule has 0 aromatic rings. The number of hydrogen-bond donors (Lipinski definition) is 3. The van der Waals surface area contributed by atoms with Gasteiger partial charge in [-0.3, -0.25) is 10.2 Å². The number of ether oxygens (including phenoxy) is 1. The zero-order chi connectivity index (χ0) is 9.52. The quantitative estimate of drug-likeness (QED) is 0.336. The summed E-state index contributed by atoms with van der Waals surface area (Å²) in [5.41, 5.74) is 7.03. The molecule has 1 saturated heterocycles. The average molecular weight is 187 g/mol. The molecule has 1 fully saturated rings. The third-order valence-corrected chi connectivity index (χ3v) is 2.12. The number of hydrogen-bond acceptors (Lipinski definition) is 3. The lowest BCUT2D eigenvalue weighted by atomic mass is 10.1. The van der Waals surface area contributed by atoms with Crippen molar-refractivity contribution in [1.82, 2.24) is 5.48 Å². The SMILES string of the molecule is NC(=NCCC1CCCCO1)NO. The molecule has 1 unspecified atom stereocenters. The van der Waals surface area contributed by atoms with Gasteiger partial charge < -0.3 is 10.5 Å². The van der Waals surface area contributed by atoms with Gasteiger partial charge in [0.25, 0.3) is 0 Å². The fourth-order valence-electron chi connectivity index (χ4n) is 1.40. The van der Waals surface area contributed by atoms with E-state index in [1.165, 1.54) is 12.8 Å². The molecule has 1 aliphatic rings. The van der Waals surface area contributed by atoms with Crippen LogP contribution in [0.5, 0.6) is 0 Å². The van der Waals surface area contributed by atoms with E-state index in [9.17, 15) is 0 Å². The van der Waals surface area contributed by atoms with E-state index in [2.05, 4.69) is 4.99 Å². The maximum absolute atomic E-state index is 8.33. The Bertz CT molecular complexity index is 167. The maximum Gasteiger partial charge on any atom is 0.212 e. The van der Waals surface area contributed by atoms with E-state index in [0.717, 1.165) is 19.4 Å². The molecule has 1 heterocycles. The molecule has 76 valence electrons. The molecule has 13 heavy (non-hydrogen) atoms. The first-order valence-corrected chi connectivity index (χ1v) is 4.64. The van der Waals surface area contributed by atoms with Crippen LogP contribution in [0.1, 0.15) is 25.7 Å². The van der Waals surface area contributed by atoms with Crippen LogP contribution in [-0.2, 0) is 4.74 Å². The van der Waals surface area contributed by atoms with Crippen molar-refractivity contribution < 1.29 is 9.94 Å². The second-order valence-electron chi connectivity index (χ2n) is 3.16. The van der Waals surface area contributed by atoms with E-state index in [0.29, 0.717) is 12.6 Å².